The largest absolute Gasteiger partial charge is 0.478 e. The SMILES string of the molecule is O=[N+]([O-])C1Cc2cc3ccccc3cc2OC1c1ccc(F)cc1. The van der Waals surface area contributed by atoms with Crippen LogP contribution in [0.1, 0.15) is 17.2 Å². The molecule has 4 rings (SSSR count). The lowest BCUT2D eigenvalue weighted by Gasteiger charge is -2.29. The Bertz CT molecular complexity index is 924. The van der Waals surface area contributed by atoms with Gasteiger partial charge in [-0.1, -0.05) is 36.4 Å². The molecule has 0 radical (unpaired) electrons. The Morgan fingerprint density at radius 3 is 2.38 bits per heavy atom. The highest BCUT2D eigenvalue weighted by molar-refractivity contribution is 5.85. The van der Waals surface area contributed by atoms with Gasteiger partial charge in [0.2, 0.25) is 0 Å². The minimum absolute atomic E-state index is 0.287. The fourth-order valence-corrected chi connectivity index (χ4v) is 3.21. The van der Waals surface area contributed by atoms with Crippen LogP contribution in [-0.4, -0.2) is 11.0 Å². The van der Waals surface area contributed by atoms with Gasteiger partial charge < -0.3 is 4.74 Å². The molecule has 24 heavy (non-hydrogen) atoms. The first-order valence-corrected chi connectivity index (χ1v) is 7.69. The summed E-state index contributed by atoms with van der Waals surface area (Å²) in [5.41, 5.74) is 1.44. The van der Waals surface area contributed by atoms with E-state index in [2.05, 4.69) is 0 Å². The minimum Gasteiger partial charge on any atom is -0.478 e. The fourth-order valence-electron chi connectivity index (χ4n) is 3.21. The van der Waals surface area contributed by atoms with Crippen LogP contribution in [0.5, 0.6) is 5.75 Å². The third-order valence-electron chi connectivity index (χ3n) is 4.43. The maximum absolute atomic E-state index is 13.1. The second-order valence-corrected chi connectivity index (χ2v) is 5.95. The Kier molecular flexibility index (Phi) is 3.41. The zero-order chi connectivity index (χ0) is 16.7. The third-order valence-corrected chi connectivity index (χ3v) is 4.43. The lowest BCUT2D eigenvalue weighted by Crippen LogP contribution is -2.36. The summed E-state index contributed by atoms with van der Waals surface area (Å²) < 4.78 is 19.1. The molecule has 2 atom stereocenters. The number of nitro groups is 1. The lowest BCUT2D eigenvalue weighted by molar-refractivity contribution is -0.535. The van der Waals surface area contributed by atoms with E-state index in [1.54, 1.807) is 12.1 Å². The number of halogens is 1. The van der Waals surface area contributed by atoms with Crippen molar-refractivity contribution < 1.29 is 14.1 Å². The summed E-state index contributed by atoms with van der Waals surface area (Å²) in [6.07, 6.45) is -0.441. The van der Waals surface area contributed by atoms with Crippen molar-refractivity contribution in [1.29, 1.82) is 0 Å². The molecule has 3 aromatic carbocycles. The first-order valence-electron chi connectivity index (χ1n) is 7.69. The van der Waals surface area contributed by atoms with E-state index in [4.69, 9.17) is 4.74 Å². The zero-order valence-corrected chi connectivity index (χ0v) is 12.7. The topological polar surface area (TPSA) is 52.4 Å². The zero-order valence-electron chi connectivity index (χ0n) is 12.7. The highest BCUT2D eigenvalue weighted by Crippen LogP contribution is 2.38. The Hall–Kier alpha value is -2.95. The molecule has 2 unspecified atom stereocenters. The van der Waals surface area contributed by atoms with Crippen LogP contribution in [0.3, 0.4) is 0 Å². The van der Waals surface area contributed by atoms with Crippen molar-refractivity contribution in [3.63, 3.8) is 0 Å². The summed E-state index contributed by atoms with van der Waals surface area (Å²) in [5, 5.41) is 13.6. The van der Waals surface area contributed by atoms with Gasteiger partial charge in [-0.3, -0.25) is 10.1 Å². The predicted molar refractivity (Wildman–Crippen MR) is 88.2 cm³/mol. The van der Waals surface area contributed by atoms with Crippen molar-refractivity contribution in [3.8, 4) is 5.75 Å². The van der Waals surface area contributed by atoms with Gasteiger partial charge in [0.15, 0.2) is 6.10 Å². The minimum atomic E-state index is -0.899. The van der Waals surface area contributed by atoms with Gasteiger partial charge in [-0.15, -0.1) is 0 Å². The summed E-state index contributed by atoms with van der Waals surface area (Å²) in [5.74, 6) is 0.278. The van der Waals surface area contributed by atoms with E-state index in [1.165, 1.54) is 12.1 Å². The van der Waals surface area contributed by atoms with Crippen molar-refractivity contribution in [3.05, 3.63) is 87.7 Å². The monoisotopic (exact) mass is 323 g/mol. The molecule has 0 saturated carbocycles. The Morgan fingerprint density at radius 2 is 1.71 bits per heavy atom. The van der Waals surface area contributed by atoms with Gasteiger partial charge in [-0.05, 0) is 40.6 Å². The number of ether oxygens (including phenoxy) is 1. The predicted octanol–water partition coefficient (Wildman–Crippen LogP) is 4.30. The van der Waals surface area contributed by atoms with E-state index >= 15 is 0 Å². The number of nitrogens with zero attached hydrogens (tertiary/aromatic N) is 1. The van der Waals surface area contributed by atoms with Crippen molar-refractivity contribution in [2.75, 3.05) is 0 Å². The van der Waals surface area contributed by atoms with Crippen LogP contribution in [0.4, 0.5) is 4.39 Å². The van der Waals surface area contributed by atoms with Gasteiger partial charge in [0.1, 0.15) is 11.6 Å². The molecule has 0 spiro atoms. The summed E-state index contributed by atoms with van der Waals surface area (Å²) >= 11 is 0. The van der Waals surface area contributed by atoms with Crippen LogP contribution in [0.25, 0.3) is 10.8 Å². The second-order valence-electron chi connectivity index (χ2n) is 5.95. The number of benzene rings is 3. The molecule has 5 heteroatoms. The number of hydrogen-bond acceptors (Lipinski definition) is 3. The highest BCUT2D eigenvalue weighted by Gasteiger charge is 2.39. The Morgan fingerprint density at radius 1 is 1.04 bits per heavy atom. The van der Waals surface area contributed by atoms with Crippen LogP contribution in [0.15, 0.2) is 60.7 Å². The van der Waals surface area contributed by atoms with Crippen LogP contribution in [-0.2, 0) is 6.42 Å². The summed E-state index contributed by atoms with van der Waals surface area (Å²) in [7, 11) is 0. The van der Waals surface area contributed by atoms with Gasteiger partial charge in [-0.25, -0.2) is 4.39 Å². The molecule has 1 heterocycles. The van der Waals surface area contributed by atoms with Crippen molar-refractivity contribution >= 4 is 10.8 Å². The smallest absolute Gasteiger partial charge is 0.257 e. The van der Waals surface area contributed by atoms with E-state index < -0.39 is 12.1 Å². The molecule has 0 aromatic heterocycles. The van der Waals surface area contributed by atoms with E-state index in [9.17, 15) is 14.5 Å². The Labute approximate surface area is 137 Å². The Balaban J connectivity index is 1.80. The quantitative estimate of drug-likeness (QED) is 0.522. The third kappa shape index (κ3) is 2.48. The maximum Gasteiger partial charge on any atom is 0.257 e. The molecular weight excluding hydrogens is 309 g/mol. The standard InChI is InChI=1S/C19H14FNO3/c20-16-7-5-12(6-8-16)19-17(21(22)23)10-15-9-13-3-1-2-4-14(13)11-18(15)24-19/h1-9,11,17,19H,10H2. The summed E-state index contributed by atoms with van der Waals surface area (Å²) in [4.78, 5) is 11.2. The van der Waals surface area contributed by atoms with Crippen LogP contribution in [0.2, 0.25) is 0 Å². The summed E-state index contributed by atoms with van der Waals surface area (Å²) in [6.45, 7) is 0. The van der Waals surface area contributed by atoms with Crippen LogP contribution in [0, 0.1) is 15.9 Å². The van der Waals surface area contributed by atoms with Gasteiger partial charge in [0, 0.05) is 16.9 Å². The first kappa shape index (κ1) is 14.6. The molecule has 0 bridgehead atoms. The molecule has 1 aliphatic heterocycles. The molecule has 0 N–H and O–H groups in total. The van der Waals surface area contributed by atoms with E-state index in [0.717, 1.165) is 16.3 Å². The molecule has 0 fully saturated rings. The van der Waals surface area contributed by atoms with Gasteiger partial charge in [0.05, 0.1) is 0 Å². The van der Waals surface area contributed by atoms with E-state index in [-0.39, 0.29) is 17.2 Å². The van der Waals surface area contributed by atoms with E-state index in [0.29, 0.717) is 11.3 Å². The fraction of sp³-hybridized carbons (Fsp3) is 0.158. The first-order chi connectivity index (χ1) is 11.6. The average molecular weight is 323 g/mol. The van der Waals surface area contributed by atoms with Crippen molar-refractivity contribution in [2.24, 2.45) is 0 Å². The van der Waals surface area contributed by atoms with E-state index in [1.807, 2.05) is 36.4 Å². The van der Waals surface area contributed by atoms with Gasteiger partial charge in [-0.2, -0.15) is 0 Å². The molecule has 4 nitrogen and oxygen atoms in total. The molecule has 3 aromatic rings. The molecule has 0 aliphatic carbocycles. The number of rotatable bonds is 2. The van der Waals surface area contributed by atoms with Gasteiger partial charge >= 0.3 is 0 Å². The number of fused-ring (bicyclic) bond motifs is 2. The number of hydrogen-bond donors (Lipinski definition) is 0. The van der Waals surface area contributed by atoms with Crippen LogP contribution >= 0.6 is 0 Å². The average Bonchev–Trinajstić information content (AvgIpc) is 2.59. The van der Waals surface area contributed by atoms with Gasteiger partial charge in [0.25, 0.3) is 6.04 Å². The lowest BCUT2D eigenvalue weighted by atomic mass is 9.91. The molecule has 0 saturated heterocycles. The highest BCUT2D eigenvalue weighted by atomic mass is 19.1. The molecule has 0 amide bonds. The normalized spacial score (nSPS) is 19.5. The maximum atomic E-state index is 13.1. The molecular formula is C19H14FNO3. The van der Waals surface area contributed by atoms with Crippen molar-refractivity contribution in [2.45, 2.75) is 18.6 Å². The van der Waals surface area contributed by atoms with Crippen LogP contribution < -0.4 is 4.74 Å². The molecule has 120 valence electrons. The molecule has 1 aliphatic rings. The summed E-state index contributed by atoms with van der Waals surface area (Å²) in [6, 6.07) is 16.5. The second kappa shape index (κ2) is 5.60. The van der Waals surface area contributed by atoms with Crippen molar-refractivity contribution in [1.82, 2.24) is 0 Å².